The molecule has 0 saturated carbocycles. The fourth-order valence-corrected chi connectivity index (χ4v) is 5.56. The first kappa shape index (κ1) is 19.3. The molecule has 3 aliphatic rings. The topological polar surface area (TPSA) is 73.0 Å². The van der Waals surface area contributed by atoms with Crippen molar-refractivity contribution in [1.29, 1.82) is 0 Å². The van der Waals surface area contributed by atoms with Crippen LogP contribution in [0.25, 0.3) is 10.9 Å². The lowest BCUT2D eigenvalue weighted by atomic mass is 9.72. The lowest BCUT2D eigenvalue weighted by Crippen LogP contribution is -2.51. The van der Waals surface area contributed by atoms with Gasteiger partial charge in [-0.25, -0.2) is 4.79 Å². The molecule has 2 aromatic rings. The molecule has 1 aromatic carbocycles. The fourth-order valence-electron chi connectivity index (χ4n) is 5.56. The van der Waals surface area contributed by atoms with Gasteiger partial charge in [-0.05, 0) is 31.4 Å². The predicted molar refractivity (Wildman–Crippen MR) is 112 cm³/mol. The minimum Gasteiger partial charge on any atom is -0.497 e. The van der Waals surface area contributed by atoms with Crippen LogP contribution in [0.2, 0.25) is 0 Å². The first-order valence-corrected chi connectivity index (χ1v) is 10.5. The highest BCUT2D eigenvalue weighted by Gasteiger charge is 2.47. The number of nitrogens with one attached hydrogen (secondary N) is 1. The van der Waals surface area contributed by atoms with Crippen molar-refractivity contribution in [3.8, 4) is 11.5 Å². The lowest BCUT2D eigenvalue weighted by Gasteiger charge is -2.49. The summed E-state index contributed by atoms with van der Waals surface area (Å²) in [5, 5.41) is 1.19. The molecule has 1 saturated heterocycles. The molecule has 4 heterocycles. The Balaban J connectivity index is 1.56. The van der Waals surface area contributed by atoms with E-state index in [2.05, 4.69) is 22.9 Å². The van der Waals surface area contributed by atoms with E-state index in [4.69, 9.17) is 18.9 Å². The summed E-state index contributed by atoms with van der Waals surface area (Å²) in [6, 6.07) is 4.32. The van der Waals surface area contributed by atoms with E-state index in [9.17, 15) is 4.79 Å². The summed E-state index contributed by atoms with van der Waals surface area (Å²) >= 11 is 0. The molecule has 1 N–H and O–H groups in total. The Bertz CT molecular complexity index is 1030. The highest BCUT2D eigenvalue weighted by atomic mass is 16.5. The number of H-pyrrole nitrogens is 1. The van der Waals surface area contributed by atoms with Crippen molar-refractivity contribution in [1.82, 2.24) is 9.88 Å². The maximum absolute atomic E-state index is 12.4. The normalized spacial score (nSPS) is 27.9. The van der Waals surface area contributed by atoms with Gasteiger partial charge < -0.3 is 23.9 Å². The molecule has 0 radical (unpaired) electrons. The third-order valence-electron chi connectivity index (χ3n) is 7.14. The highest BCUT2D eigenvalue weighted by molar-refractivity contribution is 5.89. The van der Waals surface area contributed by atoms with Crippen LogP contribution in [0.3, 0.4) is 0 Å². The first-order chi connectivity index (χ1) is 14.5. The zero-order valence-electron chi connectivity index (χ0n) is 17.9. The van der Waals surface area contributed by atoms with Gasteiger partial charge in [0, 0.05) is 47.6 Å². The van der Waals surface area contributed by atoms with Crippen LogP contribution in [0.4, 0.5) is 0 Å². The lowest BCUT2D eigenvalue weighted by molar-refractivity contribution is -0.139. The molecule has 0 bridgehead atoms. The van der Waals surface area contributed by atoms with Crippen molar-refractivity contribution < 1.29 is 23.7 Å². The molecule has 7 heteroatoms. The number of benzene rings is 1. The van der Waals surface area contributed by atoms with Crippen LogP contribution in [0, 0.1) is 11.8 Å². The Morgan fingerprint density at radius 1 is 1.20 bits per heavy atom. The number of rotatable bonds is 3. The second-order valence-corrected chi connectivity index (χ2v) is 8.44. The molecule has 30 heavy (non-hydrogen) atoms. The second-order valence-electron chi connectivity index (χ2n) is 8.44. The zero-order chi connectivity index (χ0) is 21.0. The van der Waals surface area contributed by atoms with Gasteiger partial charge in [-0.2, -0.15) is 0 Å². The number of carbonyl (C=O) groups excluding carboxylic acids is 1. The summed E-state index contributed by atoms with van der Waals surface area (Å²) in [5.74, 6) is 1.59. The smallest absolute Gasteiger partial charge is 0.337 e. The number of esters is 1. The number of methoxy groups -OCH3 is 3. The van der Waals surface area contributed by atoms with E-state index in [-0.39, 0.29) is 30.0 Å². The number of ether oxygens (including phenoxy) is 4. The largest absolute Gasteiger partial charge is 0.497 e. The van der Waals surface area contributed by atoms with Crippen molar-refractivity contribution in [2.75, 3.05) is 34.4 Å². The average Bonchev–Trinajstić information content (AvgIpc) is 3.14. The van der Waals surface area contributed by atoms with Gasteiger partial charge in [-0.3, -0.25) is 4.90 Å². The maximum Gasteiger partial charge on any atom is 0.337 e. The Hall–Kier alpha value is -2.67. The Kier molecular flexibility index (Phi) is 4.65. The number of fused-ring (bicyclic) bond motifs is 6. The van der Waals surface area contributed by atoms with Crippen LogP contribution in [0.1, 0.15) is 30.6 Å². The van der Waals surface area contributed by atoms with E-state index in [0.717, 1.165) is 42.9 Å². The van der Waals surface area contributed by atoms with Gasteiger partial charge in [-0.1, -0.05) is 0 Å². The van der Waals surface area contributed by atoms with Gasteiger partial charge in [0.05, 0.1) is 45.3 Å². The standard InChI is InChI=1S/C23H28N2O5/c1-12-16-10-25-6-5-13-15-8-20(27-2)21(28-3)9-18(15)24-22(13)19(25)7-14(16)17(11-30-12)23(26)29-4/h8-9,11-12,14,16,19,24H,5-7,10H2,1-4H3/t12-,14+,16+,19+/m1/s1. The summed E-state index contributed by atoms with van der Waals surface area (Å²) in [4.78, 5) is 18.6. The quantitative estimate of drug-likeness (QED) is 0.781. The first-order valence-electron chi connectivity index (χ1n) is 10.5. The number of aromatic nitrogens is 1. The Labute approximate surface area is 175 Å². The summed E-state index contributed by atoms with van der Waals surface area (Å²) in [5.41, 5.74) is 4.31. The van der Waals surface area contributed by atoms with Crippen molar-refractivity contribution in [2.24, 2.45) is 11.8 Å². The van der Waals surface area contributed by atoms with Gasteiger partial charge in [0.25, 0.3) is 0 Å². The van der Waals surface area contributed by atoms with Crippen LogP contribution in [0.5, 0.6) is 11.5 Å². The molecule has 1 aromatic heterocycles. The number of aromatic amines is 1. The monoisotopic (exact) mass is 412 g/mol. The van der Waals surface area contributed by atoms with Crippen molar-refractivity contribution in [3.63, 3.8) is 0 Å². The fraction of sp³-hybridized carbons (Fsp3) is 0.522. The molecule has 7 nitrogen and oxygen atoms in total. The molecule has 5 rings (SSSR count). The van der Waals surface area contributed by atoms with E-state index in [0.29, 0.717) is 5.57 Å². The molecule has 160 valence electrons. The van der Waals surface area contributed by atoms with E-state index in [1.165, 1.54) is 23.8 Å². The van der Waals surface area contributed by atoms with Crippen LogP contribution in [-0.4, -0.2) is 56.4 Å². The Morgan fingerprint density at radius 3 is 2.70 bits per heavy atom. The van der Waals surface area contributed by atoms with Crippen LogP contribution in [0.15, 0.2) is 24.0 Å². The third kappa shape index (κ3) is 2.79. The van der Waals surface area contributed by atoms with Gasteiger partial charge in [-0.15, -0.1) is 0 Å². The van der Waals surface area contributed by atoms with Crippen LogP contribution in [-0.2, 0) is 20.7 Å². The molecular formula is C23H28N2O5. The van der Waals surface area contributed by atoms with Gasteiger partial charge in [0.2, 0.25) is 0 Å². The van der Waals surface area contributed by atoms with Crippen molar-refractivity contribution in [2.45, 2.75) is 31.9 Å². The van der Waals surface area contributed by atoms with Crippen molar-refractivity contribution in [3.05, 3.63) is 35.2 Å². The van der Waals surface area contributed by atoms with E-state index in [1.807, 2.05) is 6.07 Å². The molecule has 0 aliphatic carbocycles. The van der Waals surface area contributed by atoms with Crippen LogP contribution < -0.4 is 9.47 Å². The van der Waals surface area contributed by atoms with E-state index < -0.39 is 0 Å². The third-order valence-corrected chi connectivity index (χ3v) is 7.14. The summed E-state index contributed by atoms with van der Waals surface area (Å²) in [7, 11) is 4.75. The average molecular weight is 412 g/mol. The number of hydrogen-bond donors (Lipinski definition) is 1. The molecule has 0 amide bonds. The van der Waals surface area contributed by atoms with Crippen molar-refractivity contribution >= 4 is 16.9 Å². The minimum atomic E-state index is -0.285. The number of carbonyl (C=O) groups is 1. The van der Waals surface area contributed by atoms with Gasteiger partial charge >= 0.3 is 5.97 Å². The van der Waals surface area contributed by atoms with Gasteiger partial charge in [0.15, 0.2) is 11.5 Å². The SMILES string of the molecule is COC(=O)C1=CO[C@H](C)[C@@H]2CN3CCc4c([nH]c5cc(OC)c(OC)cc45)[C@@H]3C[C@H]12. The summed E-state index contributed by atoms with van der Waals surface area (Å²) < 4.78 is 21.9. The van der Waals surface area contributed by atoms with E-state index >= 15 is 0 Å². The number of nitrogens with zero attached hydrogens (tertiary/aromatic N) is 1. The maximum atomic E-state index is 12.4. The summed E-state index contributed by atoms with van der Waals surface area (Å²) in [6.07, 6.45) is 3.56. The molecule has 0 unspecified atom stereocenters. The highest BCUT2D eigenvalue weighted by Crippen LogP contribution is 2.48. The van der Waals surface area contributed by atoms with Crippen LogP contribution >= 0.6 is 0 Å². The second kappa shape index (κ2) is 7.23. The van der Waals surface area contributed by atoms with Gasteiger partial charge in [0.1, 0.15) is 0 Å². The Morgan fingerprint density at radius 2 is 1.97 bits per heavy atom. The minimum absolute atomic E-state index is 0.0852. The van der Waals surface area contributed by atoms with E-state index in [1.54, 1.807) is 20.5 Å². The molecule has 3 aliphatic heterocycles. The molecular weight excluding hydrogens is 384 g/mol. The predicted octanol–water partition coefficient (Wildman–Crippen LogP) is 3.20. The molecule has 0 spiro atoms. The number of hydrogen-bond acceptors (Lipinski definition) is 6. The summed E-state index contributed by atoms with van der Waals surface area (Å²) in [6.45, 7) is 4.00. The molecule has 4 atom stereocenters. The molecule has 1 fully saturated rings. The zero-order valence-corrected chi connectivity index (χ0v) is 17.9. The number of piperidine rings is 1.